The topological polar surface area (TPSA) is 70.2 Å². The van der Waals surface area contributed by atoms with Gasteiger partial charge in [0.2, 0.25) is 11.8 Å². The van der Waals surface area contributed by atoms with Gasteiger partial charge in [-0.3, -0.25) is 15.0 Å². The fraction of sp³-hybridized carbons (Fsp3) is 0.385. The van der Waals surface area contributed by atoms with Gasteiger partial charge < -0.3 is 5.32 Å². The Hall–Kier alpha value is -1.88. The number of fused-ring (bicyclic) bond motifs is 1. The molecule has 18 heavy (non-hydrogen) atoms. The number of hydrogen-bond acceptors (Lipinski definition) is 3. The molecule has 1 aromatic rings. The van der Waals surface area contributed by atoms with Gasteiger partial charge in [-0.25, -0.2) is 5.43 Å². The molecular formula is C13H17N3O2. The van der Waals surface area contributed by atoms with Gasteiger partial charge in [0.25, 0.3) is 0 Å². The molecule has 0 aliphatic carbocycles. The summed E-state index contributed by atoms with van der Waals surface area (Å²) in [4.78, 5) is 23.0. The lowest BCUT2D eigenvalue weighted by molar-refractivity contribution is -0.123. The van der Waals surface area contributed by atoms with Crippen molar-refractivity contribution in [2.24, 2.45) is 0 Å². The number of amides is 2. The second-order valence-electron chi connectivity index (χ2n) is 4.43. The lowest BCUT2D eigenvalue weighted by Crippen LogP contribution is -2.37. The van der Waals surface area contributed by atoms with Gasteiger partial charge in [-0.05, 0) is 30.5 Å². The van der Waals surface area contributed by atoms with E-state index < -0.39 is 0 Å². The molecule has 1 aliphatic rings. The van der Waals surface area contributed by atoms with Crippen LogP contribution in [0.1, 0.15) is 30.4 Å². The minimum absolute atomic E-state index is 0.0521. The zero-order chi connectivity index (χ0) is 13.1. The average molecular weight is 247 g/mol. The Morgan fingerprint density at radius 3 is 2.89 bits per heavy atom. The lowest BCUT2D eigenvalue weighted by Gasteiger charge is -2.19. The van der Waals surface area contributed by atoms with Gasteiger partial charge in [0.05, 0.1) is 5.92 Å². The Morgan fingerprint density at radius 2 is 2.17 bits per heavy atom. The summed E-state index contributed by atoms with van der Waals surface area (Å²) in [5, 5.41) is 2.83. The highest BCUT2D eigenvalue weighted by molar-refractivity contribution is 5.94. The first kappa shape index (κ1) is 12.6. The van der Waals surface area contributed by atoms with Gasteiger partial charge in [-0.1, -0.05) is 12.1 Å². The maximum atomic E-state index is 11.7. The Balaban J connectivity index is 2.21. The number of nitrogens with one attached hydrogen (secondary N) is 3. The molecule has 1 atom stereocenters. The normalized spacial score (nSPS) is 15.6. The van der Waals surface area contributed by atoms with Crippen LogP contribution in [0, 0.1) is 0 Å². The van der Waals surface area contributed by atoms with E-state index in [4.69, 9.17) is 0 Å². The molecule has 1 heterocycles. The van der Waals surface area contributed by atoms with E-state index >= 15 is 0 Å². The predicted octanol–water partition coefficient (Wildman–Crippen LogP) is 0.925. The van der Waals surface area contributed by atoms with Crippen LogP contribution in [0.4, 0.5) is 5.69 Å². The minimum atomic E-state index is -0.222. The standard InChI is InChI=1S/C13H17N3O2/c1-8(13(18)16-14-2)9-3-5-11-10(7-9)4-6-12(17)15-11/h3,5,7-8,14H,4,6H2,1-2H3,(H,15,17)(H,16,18). The summed E-state index contributed by atoms with van der Waals surface area (Å²) >= 11 is 0. The number of carbonyl (C=O) groups excluding carboxylic acids is 2. The van der Waals surface area contributed by atoms with E-state index in [1.165, 1.54) is 0 Å². The van der Waals surface area contributed by atoms with Crippen LogP contribution in [0.25, 0.3) is 0 Å². The van der Waals surface area contributed by atoms with Crippen LogP contribution in [-0.2, 0) is 16.0 Å². The summed E-state index contributed by atoms with van der Waals surface area (Å²) in [5.74, 6) is -0.242. The second-order valence-corrected chi connectivity index (χ2v) is 4.43. The van der Waals surface area contributed by atoms with Crippen molar-refractivity contribution in [1.82, 2.24) is 10.9 Å². The van der Waals surface area contributed by atoms with Gasteiger partial charge >= 0.3 is 0 Å². The maximum absolute atomic E-state index is 11.7. The number of benzene rings is 1. The Bertz CT molecular complexity index is 485. The fourth-order valence-electron chi connectivity index (χ4n) is 2.06. The van der Waals surface area contributed by atoms with Crippen LogP contribution in [0.3, 0.4) is 0 Å². The number of hydrogen-bond donors (Lipinski definition) is 3. The number of anilines is 1. The lowest BCUT2D eigenvalue weighted by atomic mass is 9.94. The first-order valence-corrected chi connectivity index (χ1v) is 6.01. The van der Waals surface area contributed by atoms with Crippen molar-refractivity contribution in [3.63, 3.8) is 0 Å². The van der Waals surface area contributed by atoms with Crippen molar-refractivity contribution in [2.45, 2.75) is 25.7 Å². The van der Waals surface area contributed by atoms with Crippen molar-refractivity contribution >= 4 is 17.5 Å². The third-order valence-electron chi connectivity index (χ3n) is 3.17. The first-order chi connectivity index (χ1) is 8.61. The van der Waals surface area contributed by atoms with Crippen LogP contribution in [0.15, 0.2) is 18.2 Å². The van der Waals surface area contributed by atoms with E-state index in [0.29, 0.717) is 6.42 Å². The highest BCUT2D eigenvalue weighted by Crippen LogP contribution is 2.26. The van der Waals surface area contributed by atoms with Crippen molar-refractivity contribution in [2.75, 3.05) is 12.4 Å². The quantitative estimate of drug-likeness (QED) is 0.696. The molecule has 0 radical (unpaired) electrons. The summed E-state index contributed by atoms with van der Waals surface area (Å²) < 4.78 is 0. The fourth-order valence-corrected chi connectivity index (χ4v) is 2.06. The first-order valence-electron chi connectivity index (χ1n) is 6.01. The van der Waals surface area contributed by atoms with Gasteiger partial charge in [0, 0.05) is 19.2 Å². The zero-order valence-corrected chi connectivity index (χ0v) is 10.5. The van der Waals surface area contributed by atoms with Crippen LogP contribution in [-0.4, -0.2) is 18.9 Å². The third-order valence-corrected chi connectivity index (χ3v) is 3.17. The highest BCUT2D eigenvalue weighted by Gasteiger charge is 2.19. The van der Waals surface area contributed by atoms with Crippen LogP contribution in [0.2, 0.25) is 0 Å². The molecule has 5 nitrogen and oxygen atoms in total. The minimum Gasteiger partial charge on any atom is -0.326 e. The van der Waals surface area contributed by atoms with Crippen LogP contribution < -0.4 is 16.2 Å². The van der Waals surface area contributed by atoms with Crippen molar-refractivity contribution in [3.8, 4) is 0 Å². The molecule has 0 fully saturated rings. The van der Waals surface area contributed by atoms with Gasteiger partial charge in [-0.15, -0.1) is 0 Å². The van der Waals surface area contributed by atoms with Gasteiger partial charge in [0.15, 0.2) is 0 Å². The zero-order valence-electron chi connectivity index (χ0n) is 10.5. The third kappa shape index (κ3) is 2.51. The second kappa shape index (κ2) is 5.18. The maximum Gasteiger partial charge on any atom is 0.241 e. The molecule has 2 rings (SSSR count). The highest BCUT2D eigenvalue weighted by atomic mass is 16.2. The summed E-state index contributed by atoms with van der Waals surface area (Å²) in [5.41, 5.74) is 8.11. The molecule has 1 aliphatic heterocycles. The molecule has 96 valence electrons. The molecule has 2 amide bonds. The molecule has 0 bridgehead atoms. The molecule has 1 aromatic carbocycles. The van der Waals surface area contributed by atoms with E-state index in [1.807, 2.05) is 25.1 Å². The van der Waals surface area contributed by atoms with Crippen molar-refractivity contribution < 1.29 is 9.59 Å². The van der Waals surface area contributed by atoms with Crippen LogP contribution in [0.5, 0.6) is 0 Å². The Labute approximate surface area is 106 Å². The van der Waals surface area contributed by atoms with Crippen LogP contribution >= 0.6 is 0 Å². The summed E-state index contributed by atoms with van der Waals surface area (Å²) in [7, 11) is 1.66. The molecule has 0 saturated heterocycles. The van der Waals surface area contributed by atoms with E-state index in [0.717, 1.165) is 23.2 Å². The molecule has 0 aromatic heterocycles. The SMILES string of the molecule is CNNC(=O)C(C)c1ccc2c(c1)CCC(=O)N2. The summed E-state index contributed by atoms with van der Waals surface area (Å²) in [6, 6.07) is 5.74. The van der Waals surface area contributed by atoms with E-state index in [-0.39, 0.29) is 17.7 Å². The smallest absolute Gasteiger partial charge is 0.241 e. The van der Waals surface area contributed by atoms with E-state index in [2.05, 4.69) is 16.2 Å². The average Bonchev–Trinajstić information content (AvgIpc) is 2.37. The number of rotatable bonds is 3. The molecular weight excluding hydrogens is 230 g/mol. The molecule has 3 N–H and O–H groups in total. The molecule has 0 spiro atoms. The Morgan fingerprint density at radius 1 is 1.39 bits per heavy atom. The van der Waals surface area contributed by atoms with E-state index in [9.17, 15) is 9.59 Å². The molecule has 0 saturated carbocycles. The van der Waals surface area contributed by atoms with Gasteiger partial charge in [-0.2, -0.15) is 0 Å². The number of hydrazine groups is 1. The largest absolute Gasteiger partial charge is 0.326 e. The number of aryl methyl sites for hydroxylation is 1. The summed E-state index contributed by atoms with van der Waals surface area (Å²) in [6.45, 7) is 1.86. The van der Waals surface area contributed by atoms with Crippen molar-refractivity contribution in [1.29, 1.82) is 0 Å². The predicted molar refractivity (Wildman–Crippen MR) is 69.0 cm³/mol. The summed E-state index contributed by atoms with van der Waals surface area (Å²) in [6.07, 6.45) is 1.24. The molecule has 5 heteroatoms. The van der Waals surface area contributed by atoms with Crippen molar-refractivity contribution in [3.05, 3.63) is 29.3 Å². The number of carbonyl (C=O) groups is 2. The monoisotopic (exact) mass is 247 g/mol. The van der Waals surface area contributed by atoms with Gasteiger partial charge in [0.1, 0.15) is 0 Å². The van der Waals surface area contributed by atoms with E-state index in [1.54, 1.807) is 7.05 Å². The molecule has 1 unspecified atom stereocenters. The Kier molecular flexibility index (Phi) is 3.62.